The number of nitrogens with zero attached hydrogens (tertiary/aromatic N) is 2. The maximum absolute atomic E-state index is 12.1. The molecule has 0 saturated carbocycles. The topological polar surface area (TPSA) is 74.3 Å². The second kappa shape index (κ2) is 8.03. The highest BCUT2D eigenvalue weighted by molar-refractivity contribution is 7.13. The van der Waals surface area contributed by atoms with Crippen LogP contribution in [0.5, 0.6) is 0 Å². The Bertz CT molecular complexity index is 742. The second-order valence-electron chi connectivity index (χ2n) is 5.81. The van der Waals surface area contributed by atoms with Gasteiger partial charge in [-0.25, -0.2) is 4.98 Å². The van der Waals surface area contributed by atoms with Gasteiger partial charge < -0.3 is 10.6 Å². The zero-order chi connectivity index (χ0) is 17.7. The van der Waals surface area contributed by atoms with Crippen LogP contribution < -0.4 is 10.6 Å². The van der Waals surface area contributed by atoms with E-state index in [-0.39, 0.29) is 24.9 Å². The number of thiazole rings is 1. The van der Waals surface area contributed by atoms with Gasteiger partial charge in [-0.3, -0.25) is 14.5 Å². The molecule has 1 heterocycles. The molecule has 0 aliphatic carbocycles. The van der Waals surface area contributed by atoms with Crippen LogP contribution in [-0.2, 0) is 9.59 Å². The van der Waals surface area contributed by atoms with E-state index >= 15 is 0 Å². The van der Waals surface area contributed by atoms with E-state index in [1.807, 2.05) is 44.4 Å². The molecule has 0 unspecified atom stereocenters. The lowest BCUT2D eigenvalue weighted by Crippen LogP contribution is -2.36. The Hall–Kier alpha value is -2.25. The van der Waals surface area contributed by atoms with Gasteiger partial charge in [0.2, 0.25) is 11.8 Å². The van der Waals surface area contributed by atoms with E-state index < -0.39 is 0 Å². The third-order valence-electron chi connectivity index (χ3n) is 3.57. The van der Waals surface area contributed by atoms with Crippen LogP contribution in [0.3, 0.4) is 0 Å². The van der Waals surface area contributed by atoms with E-state index in [0.29, 0.717) is 5.13 Å². The van der Waals surface area contributed by atoms with Crippen molar-refractivity contribution in [2.75, 3.05) is 30.8 Å². The minimum atomic E-state index is -0.189. The summed E-state index contributed by atoms with van der Waals surface area (Å²) in [6, 6.07) is 5.78. The van der Waals surface area contributed by atoms with Crippen molar-refractivity contribution in [2.24, 2.45) is 0 Å². The number of benzene rings is 1. The average Bonchev–Trinajstić information content (AvgIpc) is 2.88. The maximum Gasteiger partial charge on any atom is 0.240 e. The zero-order valence-corrected chi connectivity index (χ0v) is 15.2. The molecule has 2 rings (SSSR count). The Morgan fingerprint density at radius 2 is 1.79 bits per heavy atom. The van der Waals surface area contributed by atoms with E-state index in [4.69, 9.17) is 0 Å². The van der Waals surface area contributed by atoms with Gasteiger partial charge in [-0.1, -0.05) is 12.1 Å². The van der Waals surface area contributed by atoms with Crippen molar-refractivity contribution >= 4 is 34.0 Å². The fourth-order valence-corrected chi connectivity index (χ4v) is 2.90. The Balaban J connectivity index is 1.82. The second-order valence-corrected chi connectivity index (χ2v) is 6.67. The SMILES string of the molecule is Cc1csc(NC(=O)CN(C)CC(=O)Nc2cccc(C)c2C)n1. The van der Waals surface area contributed by atoms with Gasteiger partial charge in [0.05, 0.1) is 18.8 Å². The minimum Gasteiger partial charge on any atom is -0.325 e. The normalized spacial score (nSPS) is 10.7. The first-order valence-electron chi connectivity index (χ1n) is 7.61. The summed E-state index contributed by atoms with van der Waals surface area (Å²) in [5.41, 5.74) is 3.84. The molecule has 24 heavy (non-hydrogen) atoms. The molecule has 1 aromatic heterocycles. The monoisotopic (exact) mass is 346 g/mol. The van der Waals surface area contributed by atoms with Gasteiger partial charge in [0.1, 0.15) is 0 Å². The molecule has 7 heteroatoms. The number of anilines is 2. The first-order valence-corrected chi connectivity index (χ1v) is 8.49. The molecule has 0 radical (unpaired) electrons. The molecule has 0 bridgehead atoms. The van der Waals surface area contributed by atoms with Gasteiger partial charge >= 0.3 is 0 Å². The molecule has 2 aromatic rings. The first kappa shape index (κ1) is 18.1. The summed E-state index contributed by atoms with van der Waals surface area (Å²) in [5, 5.41) is 8.06. The van der Waals surface area contributed by atoms with Crippen LogP contribution >= 0.6 is 11.3 Å². The molecule has 2 N–H and O–H groups in total. The van der Waals surface area contributed by atoms with Gasteiger partial charge in [-0.05, 0) is 45.0 Å². The van der Waals surface area contributed by atoms with Crippen LogP contribution in [0.15, 0.2) is 23.6 Å². The minimum absolute atomic E-state index is 0.124. The average molecular weight is 346 g/mol. The number of likely N-dealkylation sites (N-methyl/N-ethyl adjacent to an activating group) is 1. The van der Waals surface area contributed by atoms with Crippen LogP contribution in [0.2, 0.25) is 0 Å². The molecule has 0 fully saturated rings. The van der Waals surface area contributed by atoms with Crippen molar-refractivity contribution in [2.45, 2.75) is 20.8 Å². The van der Waals surface area contributed by atoms with Crippen molar-refractivity contribution in [3.63, 3.8) is 0 Å². The van der Waals surface area contributed by atoms with E-state index in [9.17, 15) is 9.59 Å². The van der Waals surface area contributed by atoms with Crippen molar-refractivity contribution in [3.05, 3.63) is 40.4 Å². The summed E-state index contributed by atoms with van der Waals surface area (Å²) in [5.74, 6) is -0.338. The predicted octanol–water partition coefficient (Wildman–Crippen LogP) is 2.58. The smallest absolute Gasteiger partial charge is 0.240 e. The molecule has 0 spiro atoms. The number of amides is 2. The molecule has 0 atom stereocenters. The fourth-order valence-electron chi connectivity index (χ4n) is 2.19. The van der Waals surface area contributed by atoms with Gasteiger partial charge in [0.25, 0.3) is 0 Å². The summed E-state index contributed by atoms with van der Waals surface area (Å²) < 4.78 is 0. The lowest BCUT2D eigenvalue weighted by atomic mass is 10.1. The Morgan fingerprint density at radius 1 is 1.12 bits per heavy atom. The van der Waals surface area contributed by atoms with Crippen LogP contribution in [0.25, 0.3) is 0 Å². The van der Waals surface area contributed by atoms with E-state index in [0.717, 1.165) is 22.5 Å². The third-order valence-corrected chi connectivity index (χ3v) is 4.45. The number of aryl methyl sites for hydroxylation is 2. The van der Waals surface area contributed by atoms with Gasteiger partial charge in [0, 0.05) is 11.1 Å². The van der Waals surface area contributed by atoms with E-state index in [1.165, 1.54) is 11.3 Å². The number of carbonyl (C=O) groups is 2. The predicted molar refractivity (Wildman–Crippen MR) is 97.5 cm³/mol. The summed E-state index contributed by atoms with van der Waals surface area (Å²) >= 11 is 1.38. The standard InChI is InChI=1S/C17H22N4O2S/c1-11-6-5-7-14(13(11)3)19-15(22)8-21(4)9-16(23)20-17-18-12(2)10-24-17/h5-7,10H,8-9H2,1-4H3,(H,19,22)(H,18,20,23). The number of hydrogen-bond donors (Lipinski definition) is 2. The third kappa shape index (κ3) is 5.14. The number of aromatic nitrogens is 1. The van der Waals surface area contributed by atoms with Gasteiger partial charge in [-0.15, -0.1) is 11.3 Å². The highest BCUT2D eigenvalue weighted by Crippen LogP contribution is 2.18. The number of rotatable bonds is 6. The molecule has 128 valence electrons. The lowest BCUT2D eigenvalue weighted by molar-refractivity contribution is -0.119. The fraction of sp³-hybridized carbons (Fsp3) is 0.353. The van der Waals surface area contributed by atoms with Crippen molar-refractivity contribution < 1.29 is 9.59 Å². The van der Waals surface area contributed by atoms with Crippen molar-refractivity contribution in [3.8, 4) is 0 Å². The van der Waals surface area contributed by atoms with Gasteiger partial charge in [0.15, 0.2) is 5.13 Å². The summed E-state index contributed by atoms with van der Waals surface area (Å²) in [4.78, 5) is 29.9. The molecule has 0 aliphatic rings. The lowest BCUT2D eigenvalue weighted by Gasteiger charge is -2.16. The highest BCUT2D eigenvalue weighted by Gasteiger charge is 2.13. The molecule has 6 nitrogen and oxygen atoms in total. The molecular formula is C17H22N4O2S. The summed E-state index contributed by atoms with van der Waals surface area (Å²) in [6.45, 7) is 6.10. The molecular weight excluding hydrogens is 324 g/mol. The number of hydrogen-bond acceptors (Lipinski definition) is 5. The quantitative estimate of drug-likeness (QED) is 0.843. The van der Waals surface area contributed by atoms with E-state index in [2.05, 4.69) is 15.6 Å². The van der Waals surface area contributed by atoms with Crippen molar-refractivity contribution in [1.82, 2.24) is 9.88 Å². The summed E-state index contributed by atoms with van der Waals surface area (Å²) in [7, 11) is 1.73. The molecule has 0 aliphatic heterocycles. The zero-order valence-electron chi connectivity index (χ0n) is 14.3. The van der Waals surface area contributed by atoms with E-state index in [1.54, 1.807) is 11.9 Å². The van der Waals surface area contributed by atoms with Crippen LogP contribution in [0.1, 0.15) is 16.8 Å². The number of carbonyl (C=O) groups excluding carboxylic acids is 2. The first-order chi connectivity index (χ1) is 11.3. The Kier molecular flexibility index (Phi) is 6.05. The Labute approximate surface area is 145 Å². The van der Waals surface area contributed by atoms with Crippen LogP contribution in [0.4, 0.5) is 10.8 Å². The summed E-state index contributed by atoms with van der Waals surface area (Å²) in [6.07, 6.45) is 0. The highest BCUT2D eigenvalue weighted by atomic mass is 32.1. The molecule has 0 saturated heterocycles. The van der Waals surface area contributed by atoms with Crippen molar-refractivity contribution in [1.29, 1.82) is 0 Å². The number of nitrogens with one attached hydrogen (secondary N) is 2. The largest absolute Gasteiger partial charge is 0.325 e. The van der Waals surface area contributed by atoms with Gasteiger partial charge in [-0.2, -0.15) is 0 Å². The molecule has 2 amide bonds. The van der Waals surface area contributed by atoms with Crippen LogP contribution in [-0.4, -0.2) is 41.8 Å². The maximum atomic E-state index is 12.1. The Morgan fingerprint density at radius 3 is 2.42 bits per heavy atom. The molecule has 1 aromatic carbocycles. The van der Waals surface area contributed by atoms with Crippen LogP contribution in [0, 0.1) is 20.8 Å².